The van der Waals surface area contributed by atoms with Crippen LogP contribution in [0.3, 0.4) is 0 Å². The van der Waals surface area contributed by atoms with E-state index in [1.165, 1.54) is 55.9 Å². The quantitative estimate of drug-likeness (QED) is 0.692. The summed E-state index contributed by atoms with van der Waals surface area (Å²) < 4.78 is 0. The van der Waals surface area contributed by atoms with Gasteiger partial charge in [-0.25, -0.2) is 0 Å². The lowest BCUT2D eigenvalue weighted by Gasteiger charge is -2.28. The molecule has 0 atom stereocenters. The molecule has 25 heavy (non-hydrogen) atoms. The van der Waals surface area contributed by atoms with Gasteiger partial charge < -0.3 is 20.0 Å². The van der Waals surface area contributed by atoms with E-state index in [2.05, 4.69) is 29.3 Å². The lowest BCUT2D eigenvalue weighted by Crippen LogP contribution is -3.28. The van der Waals surface area contributed by atoms with Crippen LogP contribution in [0.5, 0.6) is 0 Å². The van der Waals surface area contributed by atoms with Crippen molar-refractivity contribution in [2.75, 3.05) is 62.6 Å². The smallest absolute Gasteiger partial charge is 0.279 e. The van der Waals surface area contributed by atoms with E-state index in [1.807, 2.05) is 12.1 Å². The second-order valence-electron chi connectivity index (χ2n) is 7.53. The minimum absolute atomic E-state index is 0.137. The van der Waals surface area contributed by atoms with E-state index in [9.17, 15) is 4.79 Å². The molecule has 0 spiro atoms. The number of nitrogens with zero attached hydrogens (tertiary/aromatic N) is 1. The van der Waals surface area contributed by atoms with Crippen molar-refractivity contribution < 1.29 is 14.6 Å². The van der Waals surface area contributed by atoms with Crippen molar-refractivity contribution in [3.05, 3.63) is 24.3 Å². The standard InChI is InChI=1S/C20H32N4O/c1-2-22-13-15-23(16-14-22)17-20(25)21-18-7-9-19(10-8-18)24-11-5-3-4-6-12-24/h7-10H,2-6,11-17H2,1H3,(H,21,25)/p+2. The molecular weight excluding hydrogens is 312 g/mol. The van der Waals surface area contributed by atoms with Gasteiger partial charge in [0, 0.05) is 24.5 Å². The molecule has 2 aliphatic heterocycles. The van der Waals surface area contributed by atoms with Crippen molar-refractivity contribution in [3.8, 4) is 0 Å². The molecule has 2 aliphatic rings. The maximum Gasteiger partial charge on any atom is 0.279 e. The highest BCUT2D eigenvalue weighted by atomic mass is 16.2. The Morgan fingerprint density at radius 2 is 1.56 bits per heavy atom. The normalized spacial score (nSPS) is 24.6. The number of benzene rings is 1. The molecule has 138 valence electrons. The average molecular weight is 347 g/mol. The molecule has 5 heteroatoms. The third kappa shape index (κ3) is 5.44. The molecule has 1 aromatic rings. The summed E-state index contributed by atoms with van der Waals surface area (Å²) in [5, 5.41) is 3.07. The summed E-state index contributed by atoms with van der Waals surface area (Å²) >= 11 is 0. The summed E-state index contributed by atoms with van der Waals surface area (Å²) in [4.78, 5) is 17.9. The summed E-state index contributed by atoms with van der Waals surface area (Å²) in [5.74, 6) is 0.137. The molecular formula is C20H34N4O+2. The van der Waals surface area contributed by atoms with Crippen LogP contribution >= 0.6 is 0 Å². The van der Waals surface area contributed by atoms with Crippen molar-refractivity contribution in [2.45, 2.75) is 32.6 Å². The molecule has 1 aromatic carbocycles. The van der Waals surface area contributed by atoms with Crippen LogP contribution in [0.2, 0.25) is 0 Å². The van der Waals surface area contributed by atoms with Gasteiger partial charge in [-0.1, -0.05) is 12.8 Å². The lowest BCUT2D eigenvalue weighted by molar-refractivity contribution is -1.01. The highest BCUT2D eigenvalue weighted by Crippen LogP contribution is 2.21. The SMILES string of the molecule is CC[NH+]1CC[NH+](CC(=O)Nc2ccc(N3CCCCCC3)cc2)CC1. The van der Waals surface area contributed by atoms with Gasteiger partial charge in [0.05, 0.1) is 6.54 Å². The number of quaternary nitrogens is 2. The van der Waals surface area contributed by atoms with Crippen LogP contribution in [0.1, 0.15) is 32.6 Å². The van der Waals surface area contributed by atoms with Crippen LogP contribution in [-0.2, 0) is 4.79 Å². The zero-order valence-electron chi connectivity index (χ0n) is 15.7. The van der Waals surface area contributed by atoms with Gasteiger partial charge in [0.25, 0.3) is 5.91 Å². The first-order chi connectivity index (χ1) is 12.2. The molecule has 2 saturated heterocycles. The van der Waals surface area contributed by atoms with E-state index in [0.29, 0.717) is 6.54 Å². The Morgan fingerprint density at radius 3 is 2.16 bits per heavy atom. The molecule has 0 aliphatic carbocycles. The second kappa shape index (κ2) is 9.20. The number of hydrogen-bond donors (Lipinski definition) is 3. The maximum absolute atomic E-state index is 12.3. The maximum atomic E-state index is 12.3. The molecule has 0 unspecified atom stereocenters. The van der Waals surface area contributed by atoms with Gasteiger partial charge in [-0.05, 0) is 44.0 Å². The van der Waals surface area contributed by atoms with E-state index in [1.54, 1.807) is 4.90 Å². The number of nitrogens with one attached hydrogen (secondary N) is 3. The minimum Gasteiger partial charge on any atom is -0.372 e. The van der Waals surface area contributed by atoms with Crippen LogP contribution in [0.4, 0.5) is 11.4 Å². The van der Waals surface area contributed by atoms with Crippen LogP contribution in [0, 0.1) is 0 Å². The molecule has 3 rings (SSSR count). The number of likely N-dealkylation sites (N-methyl/N-ethyl adjacent to an activating group) is 1. The van der Waals surface area contributed by atoms with Crippen LogP contribution in [-0.4, -0.2) is 58.3 Å². The van der Waals surface area contributed by atoms with Crippen molar-refractivity contribution in [1.29, 1.82) is 0 Å². The third-order valence-electron chi connectivity index (χ3n) is 5.70. The number of anilines is 2. The Bertz CT molecular complexity index is 529. The highest BCUT2D eigenvalue weighted by molar-refractivity contribution is 5.91. The van der Waals surface area contributed by atoms with E-state index >= 15 is 0 Å². The van der Waals surface area contributed by atoms with Gasteiger partial charge in [-0.15, -0.1) is 0 Å². The van der Waals surface area contributed by atoms with Gasteiger partial charge in [0.2, 0.25) is 0 Å². The monoisotopic (exact) mass is 346 g/mol. The first-order valence-electron chi connectivity index (χ1n) is 10.1. The third-order valence-corrected chi connectivity index (χ3v) is 5.70. The second-order valence-corrected chi connectivity index (χ2v) is 7.53. The predicted octanol–water partition coefficient (Wildman–Crippen LogP) is -0.191. The van der Waals surface area contributed by atoms with Gasteiger partial charge in [0.1, 0.15) is 26.2 Å². The molecule has 5 nitrogen and oxygen atoms in total. The van der Waals surface area contributed by atoms with E-state index < -0.39 is 0 Å². The summed E-state index contributed by atoms with van der Waals surface area (Å²) in [5.41, 5.74) is 2.20. The van der Waals surface area contributed by atoms with Crippen molar-refractivity contribution >= 4 is 17.3 Å². The van der Waals surface area contributed by atoms with Gasteiger partial charge in [-0.3, -0.25) is 4.79 Å². The predicted molar refractivity (Wildman–Crippen MR) is 103 cm³/mol. The summed E-state index contributed by atoms with van der Waals surface area (Å²) in [6.45, 7) is 10.9. The Labute approximate surface area is 152 Å². The van der Waals surface area contributed by atoms with E-state index in [-0.39, 0.29) is 5.91 Å². The first kappa shape index (κ1) is 18.2. The Kier molecular flexibility index (Phi) is 6.70. The van der Waals surface area contributed by atoms with Gasteiger partial charge in [0.15, 0.2) is 6.54 Å². The van der Waals surface area contributed by atoms with E-state index in [0.717, 1.165) is 31.9 Å². The largest absolute Gasteiger partial charge is 0.372 e. The number of piperazine rings is 1. The average Bonchev–Trinajstić information content (AvgIpc) is 2.92. The van der Waals surface area contributed by atoms with Gasteiger partial charge in [-0.2, -0.15) is 0 Å². The molecule has 0 aromatic heterocycles. The van der Waals surface area contributed by atoms with Crippen LogP contribution < -0.4 is 20.0 Å². The fraction of sp³-hybridized carbons (Fsp3) is 0.650. The van der Waals surface area contributed by atoms with Gasteiger partial charge >= 0.3 is 0 Å². The zero-order valence-corrected chi connectivity index (χ0v) is 15.7. The Hall–Kier alpha value is -1.59. The Balaban J connectivity index is 1.47. The topological polar surface area (TPSA) is 41.2 Å². The van der Waals surface area contributed by atoms with E-state index in [4.69, 9.17) is 0 Å². The lowest BCUT2D eigenvalue weighted by atomic mass is 10.2. The van der Waals surface area contributed by atoms with Crippen molar-refractivity contribution in [1.82, 2.24) is 0 Å². The minimum atomic E-state index is 0.137. The first-order valence-corrected chi connectivity index (χ1v) is 10.1. The van der Waals surface area contributed by atoms with Crippen molar-refractivity contribution in [2.24, 2.45) is 0 Å². The number of hydrogen-bond acceptors (Lipinski definition) is 2. The Morgan fingerprint density at radius 1 is 0.960 bits per heavy atom. The molecule has 2 fully saturated rings. The zero-order chi connectivity index (χ0) is 17.5. The van der Waals surface area contributed by atoms with Crippen molar-refractivity contribution in [3.63, 3.8) is 0 Å². The summed E-state index contributed by atoms with van der Waals surface area (Å²) in [6, 6.07) is 8.40. The highest BCUT2D eigenvalue weighted by Gasteiger charge is 2.23. The fourth-order valence-corrected chi connectivity index (χ4v) is 4.00. The number of amides is 1. The molecule has 1 amide bonds. The summed E-state index contributed by atoms with van der Waals surface area (Å²) in [6.07, 6.45) is 5.27. The molecule has 0 bridgehead atoms. The molecule has 0 saturated carbocycles. The number of rotatable bonds is 5. The molecule has 2 heterocycles. The molecule has 0 radical (unpaired) electrons. The number of carbonyl (C=O) groups excluding carboxylic acids is 1. The van der Waals surface area contributed by atoms with Crippen LogP contribution in [0.25, 0.3) is 0 Å². The number of carbonyl (C=O) groups is 1. The van der Waals surface area contributed by atoms with Crippen LogP contribution in [0.15, 0.2) is 24.3 Å². The molecule has 3 N–H and O–H groups in total. The fourth-order valence-electron chi connectivity index (χ4n) is 4.00. The summed E-state index contributed by atoms with van der Waals surface area (Å²) in [7, 11) is 0.